The average Bonchev–Trinajstić information content (AvgIpc) is 3.14. The SMILES string of the molecule is Cc1nnc(-c2cc3cc(CC(=O)N(C)C4CCN(C)CC4)ncc3cn2)s1. The zero-order valence-corrected chi connectivity index (χ0v) is 17.2. The molecule has 0 radical (unpaired) electrons. The van der Waals surface area contributed by atoms with Crippen molar-refractivity contribution in [3.8, 4) is 10.7 Å². The highest BCUT2D eigenvalue weighted by Crippen LogP contribution is 2.25. The maximum absolute atomic E-state index is 12.8. The normalized spacial score (nSPS) is 15.8. The molecule has 0 spiro atoms. The Morgan fingerprint density at radius 3 is 2.64 bits per heavy atom. The highest BCUT2D eigenvalue weighted by Gasteiger charge is 2.24. The van der Waals surface area contributed by atoms with Crippen molar-refractivity contribution in [3.05, 3.63) is 35.2 Å². The lowest BCUT2D eigenvalue weighted by molar-refractivity contribution is -0.132. The standard InChI is InChI=1S/C20H24N6OS/c1-13-23-24-20(28-13)18-9-14-8-16(21-11-15(14)12-22-18)10-19(27)26(3)17-4-6-25(2)7-5-17/h8-9,11-12,17H,4-7,10H2,1-3H3. The van der Waals surface area contributed by atoms with Gasteiger partial charge in [-0.3, -0.25) is 14.8 Å². The molecule has 0 saturated carbocycles. The van der Waals surface area contributed by atoms with E-state index in [4.69, 9.17) is 0 Å². The lowest BCUT2D eigenvalue weighted by Gasteiger charge is -2.35. The van der Waals surface area contributed by atoms with E-state index in [1.54, 1.807) is 12.4 Å². The smallest absolute Gasteiger partial charge is 0.228 e. The number of likely N-dealkylation sites (N-methyl/N-ethyl adjacent to an activating group) is 1. The van der Waals surface area contributed by atoms with Gasteiger partial charge in [-0.1, -0.05) is 11.3 Å². The predicted molar refractivity (Wildman–Crippen MR) is 110 cm³/mol. The summed E-state index contributed by atoms with van der Waals surface area (Å²) in [6.07, 6.45) is 5.95. The Hall–Kier alpha value is -2.45. The molecule has 28 heavy (non-hydrogen) atoms. The average molecular weight is 397 g/mol. The maximum Gasteiger partial charge on any atom is 0.228 e. The van der Waals surface area contributed by atoms with Gasteiger partial charge < -0.3 is 9.80 Å². The number of piperidine rings is 1. The Balaban J connectivity index is 1.51. The van der Waals surface area contributed by atoms with E-state index in [-0.39, 0.29) is 5.91 Å². The first-order valence-corrected chi connectivity index (χ1v) is 10.3. The number of hydrogen-bond donors (Lipinski definition) is 0. The van der Waals surface area contributed by atoms with Gasteiger partial charge in [0.2, 0.25) is 5.91 Å². The van der Waals surface area contributed by atoms with Crippen molar-refractivity contribution < 1.29 is 4.79 Å². The Labute approximate surface area is 168 Å². The molecule has 146 valence electrons. The van der Waals surface area contributed by atoms with E-state index in [2.05, 4.69) is 32.1 Å². The van der Waals surface area contributed by atoms with Gasteiger partial charge in [0, 0.05) is 30.9 Å². The van der Waals surface area contributed by atoms with E-state index in [1.165, 1.54) is 11.3 Å². The number of pyridine rings is 2. The summed E-state index contributed by atoms with van der Waals surface area (Å²) >= 11 is 1.52. The third-order valence-electron chi connectivity index (χ3n) is 5.37. The highest BCUT2D eigenvalue weighted by atomic mass is 32.1. The van der Waals surface area contributed by atoms with Gasteiger partial charge in [0.25, 0.3) is 0 Å². The molecule has 1 aliphatic heterocycles. The Morgan fingerprint density at radius 1 is 1.18 bits per heavy atom. The number of aryl methyl sites for hydroxylation is 1. The Morgan fingerprint density at radius 2 is 1.93 bits per heavy atom. The Kier molecular flexibility index (Phi) is 5.32. The van der Waals surface area contributed by atoms with Crippen molar-refractivity contribution in [2.24, 2.45) is 0 Å². The summed E-state index contributed by atoms with van der Waals surface area (Å²) in [5.74, 6) is 0.121. The molecular formula is C20H24N6OS. The van der Waals surface area contributed by atoms with E-state index >= 15 is 0 Å². The van der Waals surface area contributed by atoms with Gasteiger partial charge in [0.05, 0.1) is 12.1 Å². The summed E-state index contributed by atoms with van der Waals surface area (Å²) in [6.45, 7) is 4.01. The number of amides is 1. The third kappa shape index (κ3) is 4.02. The van der Waals surface area contributed by atoms with Crippen LogP contribution in [0.25, 0.3) is 21.5 Å². The molecule has 0 atom stereocenters. The molecule has 4 rings (SSSR count). The first kappa shape index (κ1) is 18.9. The number of carbonyl (C=O) groups excluding carboxylic acids is 1. The van der Waals surface area contributed by atoms with Crippen LogP contribution in [0.15, 0.2) is 24.5 Å². The first-order valence-electron chi connectivity index (χ1n) is 9.49. The second-order valence-corrected chi connectivity index (χ2v) is 8.62. The second kappa shape index (κ2) is 7.89. The van der Waals surface area contributed by atoms with Gasteiger partial charge in [0.15, 0.2) is 5.01 Å². The zero-order valence-electron chi connectivity index (χ0n) is 16.4. The van der Waals surface area contributed by atoms with Crippen molar-refractivity contribution in [2.75, 3.05) is 27.2 Å². The fraction of sp³-hybridized carbons (Fsp3) is 0.450. The minimum Gasteiger partial charge on any atom is -0.342 e. The number of aromatic nitrogens is 4. The van der Waals surface area contributed by atoms with E-state index in [9.17, 15) is 4.79 Å². The predicted octanol–water partition coefficient (Wildman–Crippen LogP) is 2.55. The van der Waals surface area contributed by atoms with Crippen LogP contribution < -0.4 is 0 Å². The highest BCUT2D eigenvalue weighted by molar-refractivity contribution is 7.14. The summed E-state index contributed by atoms with van der Waals surface area (Å²) in [6, 6.07) is 4.29. The van der Waals surface area contributed by atoms with Crippen LogP contribution in [0.2, 0.25) is 0 Å². The summed E-state index contributed by atoms with van der Waals surface area (Å²) < 4.78 is 0. The molecule has 0 aromatic carbocycles. The summed E-state index contributed by atoms with van der Waals surface area (Å²) in [5, 5.41) is 11.9. The molecule has 1 fully saturated rings. The van der Waals surface area contributed by atoms with Crippen molar-refractivity contribution in [1.29, 1.82) is 0 Å². The largest absolute Gasteiger partial charge is 0.342 e. The molecule has 1 amide bonds. The molecule has 7 nitrogen and oxygen atoms in total. The van der Waals surface area contributed by atoms with Crippen molar-refractivity contribution in [2.45, 2.75) is 32.2 Å². The van der Waals surface area contributed by atoms with Crippen LogP contribution in [0.4, 0.5) is 0 Å². The van der Waals surface area contributed by atoms with Crippen LogP contribution in [0.1, 0.15) is 23.5 Å². The number of carbonyl (C=O) groups is 1. The van der Waals surface area contributed by atoms with E-state index in [0.717, 1.165) is 58.1 Å². The van der Waals surface area contributed by atoms with E-state index in [0.29, 0.717) is 12.5 Å². The van der Waals surface area contributed by atoms with Crippen LogP contribution in [-0.4, -0.2) is 69.1 Å². The molecule has 0 unspecified atom stereocenters. The molecule has 0 N–H and O–H groups in total. The second-order valence-electron chi connectivity index (χ2n) is 7.43. The van der Waals surface area contributed by atoms with Gasteiger partial charge in [-0.25, -0.2) is 0 Å². The van der Waals surface area contributed by atoms with E-state index < -0.39 is 0 Å². The van der Waals surface area contributed by atoms with Gasteiger partial charge >= 0.3 is 0 Å². The van der Waals surface area contributed by atoms with Gasteiger partial charge in [-0.15, -0.1) is 10.2 Å². The van der Waals surface area contributed by atoms with Crippen LogP contribution in [-0.2, 0) is 11.2 Å². The summed E-state index contributed by atoms with van der Waals surface area (Å²) in [4.78, 5) is 25.9. The fourth-order valence-electron chi connectivity index (χ4n) is 3.56. The molecule has 8 heteroatoms. The molecule has 1 saturated heterocycles. The van der Waals surface area contributed by atoms with Crippen molar-refractivity contribution >= 4 is 28.0 Å². The van der Waals surface area contributed by atoms with Gasteiger partial charge in [0.1, 0.15) is 10.7 Å². The quantitative estimate of drug-likeness (QED) is 0.675. The van der Waals surface area contributed by atoms with Crippen LogP contribution in [0.3, 0.4) is 0 Å². The molecule has 0 aliphatic carbocycles. The Bertz CT molecular complexity index is 995. The number of nitrogens with zero attached hydrogens (tertiary/aromatic N) is 6. The fourth-order valence-corrected chi connectivity index (χ4v) is 4.22. The lowest BCUT2D eigenvalue weighted by atomic mass is 10.0. The summed E-state index contributed by atoms with van der Waals surface area (Å²) in [7, 11) is 4.04. The van der Waals surface area contributed by atoms with Crippen LogP contribution >= 0.6 is 11.3 Å². The van der Waals surface area contributed by atoms with Crippen LogP contribution in [0, 0.1) is 6.92 Å². The molecule has 1 aliphatic rings. The number of likely N-dealkylation sites (tertiary alicyclic amines) is 1. The number of hydrogen-bond acceptors (Lipinski definition) is 7. The third-order valence-corrected chi connectivity index (χ3v) is 6.23. The molecule has 3 aromatic rings. The maximum atomic E-state index is 12.8. The van der Waals surface area contributed by atoms with Crippen molar-refractivity contribution in [3.63, 3.8) is 0 Å². The lowest BCUT2D eigenvalue weighted by Crippen LogP contribution is -2.45. The van der Waals surface area contributed by atoms with Gasteiger partial charge in [-0.2, -0.15) is 0 Å². The number of rotatable bonds is 4. The zero-order chi connectivity index (χ0) is 19.7. The first-order chi connectivity index (χ1) is 13.5. The topological polar surface area (TPSA) is 75.1 Å². The summed E-state index contributed by atoms with van der Waals surface area (Å²) in [5.41, 5.74) is 1.58. The van der Waals surface area contributed by atoms with Gasteiger partial charge in [-0.05, 0) is 57.4 Å². The number of fused-ring (bicyclic) bond motifs is 1. The minimum absolute atomic E-state index is 0.121. The molecule has 3 aromatic heterocycles. The van der Waals surface area contributed by atoms with E-state index in [1.807, 2.05) is 31.0 Å². The van der Waals surface area contributed by atoms with Crippen LogP contribution in [0.5, 0.6) is 0 Å². The molecule has 4 heterocycles. The van der Waals surface area contributed by atoms with Crippen molar-refractivity contribution in [1.82, 2.24) is 30.0 Å². The minimum atomic E-state index is 0.121. The monoisotopic (exact) mass is 396 g/mol. The molecular weight excluding hydrogens is 372 g/mol. The molecule has 0 bridgehead atoms.